The van der Waals surface area contributed by atoms with Gasteiger partial charge in [0, 0.05) is 26.2 Å². The largest absolute Gasteiger partial charge is 0.376 e. The minimum atomic E-state index is -0.505. The van der Waals surface area contributed by atoms with Crippen LogP contribution < -0.4 is 10.6 Å². The maximum atomic E-state index is 16.0. The highest BCUT2D eigenvalue weighted by atomic mass is 16.5. The number of morpholine rings is 2. The Morgan fingerprint density at radius 1 is 0.643 bits per heavy atom. The number of allylic oxidation sites excluding steroid dienone is 4. The first kappa shape index (κ1) is 42.4. The van der Waals surface area contributed by atoms with Crippen LogP contribution in [0.1, 0.15) is 73.6 Å². The number of nitrogens with one attached hydrogen (secondary N) is 2. The Morgan fingerprint density at radius 2 is 1.05 bits per heavy atom. The van der Waals surface area contributed by atoms with Gasteiger partial charge in [0.05, 0.1) is 48.3 Å². The van der Waals surface area contributed by atoms with Crippen LogP contribution in [0.2, 0.25) is 0 Å². The van der Waals surface area contributed by atoms with Crippen molar-refractivity contribution in [3.63, 3.8) is 0 Å². The first-order valence-corrected chi connectivity index (χ1v) is 21.5. The summed E-state index contributed by atoms with van der Waals surface area (Å²) >= 11 is 0. The number of rotatable bonds is 18. The molecule has 2 aromatic rings. The number of carbonyl (C=O) groups excluding carboxylic acids is 1. The van der Waals surface area contributed by atoms with Crippen molar-refractivity contribution in [2.24, 2.45) is 11.8 Å². The van der Waals surface area contributed by atoms with Gasteiger partial charge in [-0.25, -0.2) is 0 Å². The maximum Gasteiger partial charge on any atom is 0.150 e. The Bertz CT molecular complexity index is 1560. The maximum absolute atomic E-state index is 16.0. The van der Waals surface area contributed by atoms with E-state index in [1.54, 1.807) is 0 Å². The van der Waals surface area contributed by atoms with Gasteiger partial charge in [-0.1, -0.05) is 109 Å². The van der Waals surface area contributed by atoms with E-state index in [4.69, 9.17) is 9.47 Å². The van der Waals surface area contributed by atoms with Crippen LogP contribution in [0.25, 0.3) is 0 Å². The lowest BCUT2D eigenvalue weighted by molar-refractivity contribution is -0.131. The zero-order chi connectivity index (χ0) is 39.5. The van der Waals surface area contributed by atoms with Crippen LogP contribution in [-0.4, -0.2) is 106 Å². The van der Waals surface area contributed by atoms with Gasteiger partial charge >= 0.3 is 0 Å². The summed E-state index contributed by atoms with van der Waals surface area (Å²) in [5, 5.41) is 6.97. The fourth-order valence-electron chi connectivity index (χ4n) is 9.94. The number of carbonyl (C=O) groups is 1. The molecule has 0 radical (unpaired) electrons. The highest BCUT2D eigenvalue weighted by Crippen LogP contribution is 2.47. The van der Waals surface area contributed by atoms with Crippen molar-refractivity contribution in [1.82, 2.24) is 20.4 Å². The number of hydrogen-bond donors (Lipinski definition) is 2. The van der Waals surface area contributed by atoms with Crippen molar-refractivity contribution in [3.05, 3.63) is 118 Å². The Balaban J connectivity index is 1.33. The zero-order valence-electron chi connectivity index (χ0n) is 35.3. The minimum Gasteiger partial charge on any atom is -0.376 e. The van der Waals surface area contributed by atoms with Crippen molar-refractivity contribution in [2.75, 3.05) is 67.6 Å². The van der Waals surface area contributed by atoms with Crippen molar-refractivity contribution < 1.29 is 14.3 Å². The molecule has 2 fully saturated rings. The molecule has 0 aromatic heterocycles. The van der Waals surface area contributed by atoms with E-state index in [9.17, 15) is 0 Å². The SMILES string of the molecule is Cc1ccc(CC2(N(C)C)C(CCCCC3CNCCO3)=CC=CC2C(=O)C2C=CC=C(CCCCC3CNCCO3)C2(Cc2ccc(C)cc2)N(C)C)cc1. The summed E-state index contributed by atoms with van der Waals surface area (Å²) < 4.78 is 12.1. The second-order valence-electron chi connectivity index (χ2n) is 17.4. The lowest BCUT2D eigenvalue weighted by atomic mass is 9.60. The standard InChI is InChI=1S/C49H70N4O3/c1-37-21-25-39(26-22-37)33-48(52(3)4)41(13-7-9-17-43-35-50-29-31-55-43)15-11-19-45(48)47(54)46-20-12-16-42(14-8-10-18-44-36-51-30-32-56-44)49(46,53(5)6)34-40-27-23-38(2)24-28-40/h11-12,15-16,19-28,43-46,50-51H,7-10,13-14,17-18,29-36H2,1-6H3. The molecule has 56 heavy (non-hydrogen) atoms. The van der Waals surface area contributed by atoms with Crippen LogP contribution in [0.4, 0.5) is 0 Å². The van der Waals surface area contributed by atoms with Crippen molar-refractivity contribution in [1.29, 1.82) is 0 Å². The fourth-order valence-corrected chi connectivity index (χ4v) is 9.94. The first-order valence-electron chi connectivity index (χ1n) is 21.5. The summed E-state index contributed by atoms with van der Waals surface area (Å²) in [5.41, 5.74) is 6.73. The highest BCUT2D eigenvalue weighted by Gasteiger charge is 2.54. The number of hydrogen-bond acceptors (Lipinski definition) is 7. The number of nitrogens with zero attached hydrogens (tertiary/aromatic N) is 2. The lowest BCUT2D eigenvalue weighted by Crippen LogP contribution is -2.62. The predicted molar refractivity (Wildman–Crippen MR) is 231 cm³/mol. The van der Waals surface area contributed by atoms with Crippen molar-refractivity contribution >= 4 is 5.78 Å². The molecule has 0 spiro atoms. The molecule has 0 saturated carbocycles. The Hall–Kier alpha value is -3.17. The summed E-state index contributed by atoms with van der Waals surface area (Å²) in [5.74, 6) is -0.349. The molecular weight excluding hydrogens is 693 g/mol. The van der Waals surface area contributed by atoms with Crippen LogP contribution in [0.5, 0.6) is 0 Å². The van der Waals surface area contributed by atoms with E-state index >= 15 is 4.79 Å². The Morgan fingerprint density at radius 3 is 1.41 bits per heavy atom. The number of ketones is 1. The third-order valence-electron chi connectivity index (χ3n) is 13.2. The van der Waals surface area contributed by atoms with Gasteiger partial charge in [-0.2, -0.15) is 0 Å². The summed E-state index contributed by atoms with van der Waals surface area (Å²) in [6.45, 7) is 9.64. The molecule has 7 nitrogen and oxygen atoms in total. The number of benzene rings is 2. The van der Waals surface area contributed by atoms with Crippen molar-refractivity contribution in [3.8, 4) is 0 Å². The molecule has 2 aliphatic carbocycles. The number of ether oxygens (including phenoxy) is 2. The highest BCUT2D eigenvalue weighted by molar-refractivity contribution is 5.91. The van der Waals surface area contributed by atoms with Crippen LogP contribution in [-0.2, 0) is 27.1 Å². The molecule has 2 heterocycles. The van der Waals surface area contributed by atoms with Gasteiger partial charge in [-0.3, -0.25) is 14.6 Å². The second-order valence-corrected chi connectivity index (χ2v) is 17.4. The van der Waals surface area contributed by atoms with E-state index in [1.165, 1.54) is 33.4 Å². The van der Waals surface area contributed by atoms with E-state index < -0.39 is 11.1 Å². The average Bonchev–Trinajstić information content (AvgIpc) is 3.21. The van der Waals surface area contributed by atoms with Gasteiger partial charge < -0.3 is 20.1 Å². The van der Waals surface area contributed by atoms with Crippen LogP contribution in [0.15, 0.2) is 96.1 Å². The van der Waals surface area contributed by atoms with E-state index in [1.807, 2.05) is 0 Å². The zero-order valence-corrected chi connectivity index (χ0v) is 35.3. The normalized spacial score (nSPS) is 28.1. The summed E-state index contributed by atoms with van der Waals surface area (Å²) in [6, 6.07) is 17.9. The minimum absolute atomic E-state index is 0.287. The number of Topliss-reactive ketones (excluding diaryl/α,β-unsaturated/α-hetero) is 1. The van der Waals surface area contributed by atoms with E-state index in [2.05, 4.69) is 147 Å². The van der Waals surface area contributed by atoms with Crippen molar-refractivity contribution in [2.45, 2.75) is 101 Å². The molecule has 6 atom stereocenters. The Labute approximate surface area is 338 Å². The van der Waals surface area contributed by atoms with Gasteiger partial charge in [0.2, 0.25) is 0 Å². The topological polar surface area (TPSA) is 66.1 Å². The summed E-state index contributed by atoms with van der Waals surface area (Å²) in [4.78, 5) is 20.7. The van der Waals surface area contributed by atoms with Crippen LogP contribution in [0, 0.1) is 25.7 Å². The molecule has 2 aliphatic heterocycles. The monoisotopic (exact) mass is 763 g/mol. The van der Waals surface area contributed by atoms with E-state index in [0.29, 0.717) is 5.78 Å². The van der Waals surface area contributed by atoms with Gasteiger partial charge in [-0.05, 0) is 116 Å². The van der Waals surface area contributed by atoms with Crippen LogP contribution >= 0.6 is 0 Å². The first-order chi connectivity index (χ1) is 27.1. The molecule has 2 aromatic carbocycles. The molecule has 304 valence electrons. The molecule has 2 saturated heterocycles. The quantitative estimate of drug-likeness (QED) is 0.152. The third kappa shape index (κ3) is 9.91. The number of unbranched alkanes of at least 4 members (excludes halogenated alkanes) is 2. The molecule has 0 bridgehead atoms. The average molecular weight is 763 g/mol. The molecule has 2 N–H and O–H groups in total. The molecule has 6 unspecified atom stereocenters. The molecule has 4 aliphatic rings. The second kappa shape index (κ2) is 20.0. The third-order valence-corrected chi connectivity index (χ3v) is 13.2. The van der Waals surface area contributed by atoms with E-state index in [0.717, 1.165) is 104 Å². The molecule has 7 heteroatoms. The summed E-state index contributed by atoms with van der Waals surface area (Å²) in [7, 11) is 8.79. The summed E-state index contributed by atoms with van der Waals surface area (Å²) in [6.07, 6.45) is 24.0. The van der Waals surface area contributed by atoms with Gasteiger partial charge in [0.25, 0.3) is 0 Å². The smallest absolute Gasteiger partial charge is 0.150 e. The fraction of sp³-hybridized carbons (Fsp3) is 0.571. The molecule has 6 rings (SSSR count). The van der Waals surface area contributed by atoms with Gasteiger partial charge in [0.15, 0.2) is 5.78 Å². The number of aryl methyl sites for hydroxylation is 2. The Kier molecular flexibility index (Phi) is 15.2. The van der Waals surface area contributed by atoms with E-state index in [-0.39, 0.29) is 24.0 Å². The molecule has 0 amide bonds. The lowest BCUT2D eigenvalue weighted by Gasteiger charge is -2.52. The van der Waals surface area contributed by atoms with Crippen LogP contribution in [0.3, 0.4) is 0 Å². The predicted octanol–water partition coefficient (Wildman–Crippen LogP) is 7.58. The molecular formula is C49H70N4O3. The van der Waals surface area contributed by atoms with Gasteiger partial charge in [0.1, 0.15) is 0 Å². The van der Waals surface area contributed by atoms with Gasteiger partial charge in [-0.15, -0.1) is 0 Å². The number of likely N-dealkylation sites (N-methyl/N-ethyl adjacent to an activating group) is 2.